The predicted octanol–water partition coefficient (Wildman–Crippen LogP) is 2.41. The Bertz CT molecular complexity index is 1040. The van der Waals surface area contributed by atoms with Gasteiger partial charge in [-0.05, 0) is 36.4 Å². The lowest BCUT2D eigenvalue weighted by Gasteiger charge is -2.15. The number of carbonyl (C=O) groups is 2. The van der Waals surface area contributed by atoms with Crippen LogP contribution >= 0.6 is 0 Å². The number of benzene rings is 2. The van der Waals surface area contributed by atoms with Crippen LogP contribution in [0.4, 0.5) is 11.4 Å². The molecule has 3 rings (SSSR count). The van der Waals surface area contributed by atoms with Gasteiger partial charge in [0.2, 0.25) is 11.8 Å². The first-order valence-corrected chi connectivity index (χ1v) is 8.54. The van der Waals surface area contributed by atoms with Gasteiger partial charge >= 0.3 is 0 Å². The van der Waals surface area contributed by atoms with Crippen LogP contribution in [0.2, 0.25) is 0 Å². The lowest BCUT2D eigenvalue weighted by Crippen LogP contribution is -2.24. The molecule has 0 bridgehead atoms. The zero-order valence-electron chi connectivity index (χ0n) is 15.2. The highest BCUT2D eigenvalue weighted by Crippen LogP contribution is 2.17. The summed E-state index contributed by atoms with van der Waals surface area (Å²) in [6.45, 7) is 1.73. The Morgan fingerprint density at radius 2 is 1.81 bits per heavy atom. The quantitative estimate of drug-likeness (QED) is 0.753. The molecule has 0 unspecified atom stereocenters. The molecule has 0 fully saturated rings. The van der Waals surface area contributed by atoms with Gasteiger partial charge in [-0.3, -0.25) is 19.0 Å². The molecule has 1 heterocycles. The van der Waals surface area contributed by atoms with Crippen LogP contribution in [0.3, 0.4) is 0 Å². The normalized spacial score (nSPS) is 10.6. The second kappa shape index (κ2) is 7.82. The molecule has 0 saturated heterocycles. The van der Waals surface area contributed by atoms with Crippen molar-refractivity contribution in [2.45, 2.75) is 19.9 Å². The summed E-state index contributed by atoms with van der Waals surface area (Å²) < 4.78 is 1.44. The van der Waals surface area contributed by atoms with E-state index >= 15 is 0 Å². The summed E-state index contributed by atoms with van der Waals surface area (Å²) in [5.74, 6) is -0.274. The highest BCUT2D eigenvalue weighted by atomic mass is 16.2. The first-order chi connectivity index (χ1) is 13.0. The minimum absolute atomic E-state index is 0.0683. The van der Waals surface area contributed by atoms with Crippen LogP contribution in [-0.4, -0.2) is 28.4 Å². The molecule has 0 aliphatic rings. The minimum atomic E-state index is -0.206. The molecule has 1 N–H and O–H groups in total. The maximum absolute atomic E-state index is 12.4. The van der Waals surface area contributed by atoms with Crippen molar-refractivity contribution in [3.8, 4) is 0 Å². The SMILES string of the molecule is CC(=O)N(C)c1ccc(NC(=O)CCn2cnc3ccccc3c2=O)cc1. The number of hydrogen-bond donors (Lipinski definition) is 1. The smallest absolute Gasteiger partial charge is 0.261 e. The van der Waals surface area contributed by atoms with E-state index < -0.39 is 0 Å². The standard InChI is InChI=1S/C20H20N4O3/c1-14(25)23(2)16-9-7-15(8-10-16)22-19(26)11-12-24-13-21-18-6-4-3-5-17(18)20(24)27/h3-10,13H,11-12H2,1-2H3,(H,22,26). The zero-order valence-corrected chi connectivity index (χ0v) is 15.2. The molecule has 0 aliphatic carbocycles. The van der Waals surface area contributed by atoms with Crippen molar-refractivity contribution in [3.05, 3.63) is 65.2 Å². The molecule has 0 aliphatic heterocycles. The van der Waals surface area contributed by atoms with Crippen molar-refractivity contribution in [1.29, 1.82) is 0 Å². The van der Waals surface area contributed by atoms with Crippen molar-refractivity contribution in [1.82, 2.24) is 9.55 Å². The lowest BCUT2D eigenvalue weighted by atomic mass is 10.2. The summed E-state index contributed by atoms with van der Waals surface area (Å²) in [6, 6.07) is 14.1. The minimum Gasteiger partial charge on any atom is -0.326 e. The van der Waals surface area contributed by atoms with E-state index in [0.717, 1.165) is 5.69 Å². The van der Waals surface area contributed by atoms with Gasteiger partial charge in [-0.25, -0.2) is 4.98 Å². The van der Waals surface area contributed by atoms with E-state index in [1.54, 1.807) is 49.5 Å². The number of carbonyl (C=O) groups excluding carboxylic acids is 2. The van der Waals surface area contributed by atoms with E-state index in [0.29, 0.717) is 16.6 Å². The maximum atomic E-state index is 12.4. The number of amides is 2. The van der Waals surface area contributed by atoms with Gasteiger partial charge in [0, 0.05) is 38.3 Å². The molecule has 7 nitrogen and oxygen atoms in total. The number of anilines is 2. The van der Waals surface area contributed by atoms with Crippen LogP contribution in [-0.2, 0) is 16.1 Å². The van der Waals surface area contributed by atoms with Crippen molar-refractivity contribution >= 4 is 34.1 Å². The van der Waals surface area contributed by atoms with E-state index in [1.807, 2.05) is 6.07 Å². The highest BCUT2D eigenvalue weighted by Gasteiger charge is 2.08. The van der Waals surface area contributed by atoms with Crippen LogP contribution < -0.4 is 15.8 Å². The lowest BCUT2D eigenvalue weighted by molar-refractivity contribution is -0.117. The molecule has 0 atom stereocenters. The van der Waals surface area contributed by atoms with Crippen molar-refractivity contribution < 1.29 is 9.59 Å². The molecule has 7 heteroatoms. The second-order valence-corrected chi connectivity index (χ2v) is 6.18. The number of hydrogen-bond acceptors (Lipinski definition) is 4. The number of nitrogens with one attached hydrogen (secondary N) is 1. The third-order valence-corrected chi connectivity index (χ3v) is 4.32. The van der Waals surface area contributed by atoms with E-state index in [1.165, 1.54) is 22.7 Å². The van der Waals surface area contributed by atoms with Gasteiger partial charge in [-0.1, -0.05) is 12.1 Å². The number of para-hydroxylation sites is 1. The summed E-state index contributed by atoms with van der Waals surface area (Å²) in [7, 11) is 1.69. The molecule has 2 aromatic carbocycles. The van der Waals surface area contributed by atoms with Crippen LogP contribution in [0.1, 0.15) is 13.3 Å². The van der Waals surface area contributed by atoms with Gasteiger partial charge in [0.05, 0.1) is 17.2 Å². The van der Waals surface area contributed by atoms with Crippen LogP contribution in [0.5, 0.6) is 0 Å². The summed E-state index contributed by atoms with van der Waals surface area (Å²) in [5.41, 5.74) is 1.85. The van der Waals surface area contributed by atoms with E-state index in [-0.39, 0.29) is 30.3 Å². The van der Waals surface area contributed by atoms with Gasteiger partial charge in [-0.2, -0.15) is 0 Å². The fourth-order valence-electron chi connectivity index (χ4n) is 2.66. The Kier molecular flexibility index (Phi) is 5.30. The van der Waals surface area contributed by atoms with Crippen molar-refractivity contribution in [2.75, 3.05) is 17.3 Å². The molecular weight excluding hydrogens is 344 g/mol. The Morgan fingerprint density at radius 1 is 1.11 bits per heavy atom. The average molecular weight is 364 g/mol. The predicted molar refractivity (Wildman–Crippen MR) is 105 cm³/mol. The second-order valence-electron chi connectivity index (χ2n) is 6.18. The van der Waals surface area contributed by atoms with Crippen molar-refractivity contribution in [3.63, 3.8) is 0 Å². The molecule has 1 aromatic heterocycles. The van der Waals surface area contributed by atoms with Crippen LogP contribution in [0, 0.1) is 0 Å². The fraction of sp³-hybridized carbons (Fsp3) is 0.200. The molecule has 27 heavy (non-hydrogen) atoms. The zero-order chi connectivity index (χ0) is 19.4. The topological polar surface area (TPSA) is 84.3 Å². The first-order valence-electron chi connectivity index (χ1n) is 8.54. The molecule has 0 saturated carbocycles. The molecule has 3 aromatic rings. The molecular formula is C20H20N4O3. The summed E-state index contributed by atoms with van der Waals surface area (Å²) in [5, 5.41) is 3.32. The largest absolute Gasteiger partial charge is 0.326 e. The number of aryl methyl sites for hydroxylation is 1. The Morgan fingerprint density at radius 3 is 2.52 bits per heavy atom. The highest BCUT2D eigenvalue weighted by molar-refractivity contribution is 5.93. The average Bonchev–Trinajstić information content (AvgIpc) is 2.67. The maximum Gasteiger partial charge on any atom is 0.261 e. The molecule has 0 spiro atoms. The van der Waals surface area contributed by atoms with Gasteiger partial charge in [-0.15, -0.1) is 0 Å². The van der Waals surface area contributed by atoms with Gasteiger partial charge in [0.25, 0.3) is 5.56 Å². The first kappa shape index (κ1) is 18.3. The van der Waals surface area contributed by atoms with Crippen molar-refractivity contribution in [2.24, 2.45) is 0 Å². The molecule has 0 radical (unpaired) electrons. The number of rotatable bonds is 5. The van der Waals surface area contributed by atoms with Gasteiger partial charge in [0.15, 0.2) is 0 Å². The number of fused-ring (bicyclic) bond motifs is 1. The van der Waals surface area contributed by atoms with E-state index in [4.69, 9.17) is 0 Å². The summed E-state index contributed by atoms with van der Waals surface area (Å²) in [6.07, 6.45) is 1.61. The third kappa shape index (κ3) is 4.20. The monoisotopic (exact) mass is 364 g/mol. The Labute approximate surface area is 156 Å². The number of aromatic nitrogens is 2. The third-order valence-electron chi connectivity index (χ3n) is 4.32. The van der Waals surface area contributed by atoms with Gasteiger partial charge < -0.3 is 10.2 Å². The number of nitrogens with zero attached hydrogens (tertiary/aromatic N) is 3. The van der Waals surface area contributed by atoms with E-state index in [2.05, 4.69) is 10.3 Å². The summed E-state index contributed by atoms with van der Waals surface area (Å²) >= 11 is 0. The Balaban J connectivity index is 1.62. The molecule has 138 valence electrons. The molecule has 2 amide bonds. The van der Waals surface area contributed by atoms with Gasteiger partial charge in [0.1, 0.15) is 0 Å². The fourth-order valence-corrected chi connectivity index (χ4v) is 2.66. The van der Waals surface area contributed by atoms with Crippen LogP contribution in [0.15, 0.2) is 59.7 Å². The summed E-state index contributed by atoms with van der Waals surface area (Å²) in [4.78, 5) is 41.7. The van der Waals surface area contributed by atoms with E-state index in [9.17, 15) is 14.4 Å². The Hall–Kier alpha value is -3.48. The van der Waals surface area contributed by atoms with Crippen LogP contribution in [0.25, 0.3) is 10.9 Å².